The average molecular weight is 355 g/mol. The number of hydrogen-bond donors (Lipinski definition) is 1. The van der Waals surface area contributed by atoms with Crippen molar-refractivity contribution in [3.8, 4) is 5.75 Å². The van der Waals surface area contributed by atoms with Gasteiger partial charge in [0, 0.05) is 38.8 Å². The molecule has 8 heteroatoms. The Morgan fingerprint density at radius 1 is 1.25 bits per heavy atom. The minimum atomic E-state index is -3.37. The van der Waals surface area contributed by atoms with Crippen molar-refractivity contribution in [1.29, 1.82) is 0 Å². The number of piperidine rings is 1. The highest BCUT2D eigenvalue weighted by Crippen LogP contribution is 2.17. The van der Waals surface area contributed by atoms with Gasteiger partial charge in [-0.2, -0.15) is 17.0 Å². The number of benzene rings is 1. The molecule has 1 aliphatic heterocycles. The summed E-state index contributed by atoms with van der Waals surface area (Å²) >= 11 is 0. The third-order valence-corrected chi connectivity index (χ3v) is 5.94. The monoisotopic (exact) mass is 355 g/mol. The van der Waals surface area contributed by atoms with Gasteiger partial charge < -0.3 is 10.1 Å². The maximum absolute atomic E-state index is 12.3. The molecule has 0 spiro atoms. The number of carbonyl (C=O) groups excluding carboxylic acids is 1. The molecule has 0 bridgehead atoms. The van der Waals surface area contributed by atoms with Crippen LogP contribution in [0.1, 0.15) is 30.1 Å². The predicted octanol–water partition coefficient (Wildman–Crippen LogP) is 1.09. The second-order valence-corrected chi connectivity index (χ2v) is 8.04. The summed E-state index contributed by atoms with van der Waals surface area (Å²) in [5.41, 5.74) is 0.571. The molecule has 1 aliphatic rings. The molecular weight excluding hydrogens is 330 g/mol. The molecular formula is C16H25N3O4S. The van der Waals surface area contributed by atoms with Gasteiger partial charge in [-0.1, -0.05) is 0 Å². The van der Waals surface area contributed by atoms with Gasteiger partial charge in [0.1, 0.15) is 5.75 Å². The van der Waals surface area contributed by atoms with Crippen molar-refractivity contribution in [2.24, 2.45) is 0 Å². The molecule has 1 heterocycles. The van der Waals surface area contributed by atoms with Crippen LogP contribution in [0.15, 0.2) is 24.3 Å². The first-order chi connectivity index (χ1) is 11.3. The predicted molar refractivity (Wildman–Crippen MR) is 92.3 cm³/mol. The average Bonchev–Trinajstić information content (AvgIpc) is 2.56. The molecule has 2 rings (SSSR count). The third kappa shape index (κ3) is 4.46. The molecule has 0 radical (unpaired) electrons. The first-order valence-electron chi connectivity index (χ1n) is 8.06. The van der Waals surface area contributed by atoms with Gasteiger partial charge in [0.25, 0.3) is 16.1 Å². The first-order valence-corrected chi connectivity index (χ1v) is 9.45. The fourth-order valence-electron chi connectivity index (χ4n) is 2.60. The van der Waals surface area contributed by atoms with Gasteiger partial charge in [-0.15, -0.1) is 0 Å². The summed E-state index contributed by atoms with van der Waals surface area (Å²) in [5.74, 6) is 0.586. The number of ether oxygens (including phenoxy) is 1. The Hall–Kier alpha value is -1.64. The second-order valence-electron chi connectivity index (χ2n) is 5.89. The third-order valence-electron chi connectivity index (χ3n) is 4.00. The summed E-state index contributed by atoms with van der Waals surface area (Å²) < 4.78 is 32.2. The van der Waals surface area contributed by atoms with Crippen LogP contribution in [0.3, 0.4) is 0 Å². The van der Waals surface area contributed by atoms with Gasteiger partial charge >= 0.3 is 0 Å². The van der Waals surface area contributed by atoms with Crippen molar-refractivity contribution in [2.45, 2.75) is 25.8 Å². The summed E-state index contributed by atoms with van der Waals surface area (Å²) in [6, 6.07) is 6.98. The Labute approximate surface area is 143 Å². The van der Waals surface area contributed by atoms with Gasteiger partial charge in [-0.05, 0) is 44.0 Å². The van der Waals surface area contributed by atoms with Crippen LogP contribution >= 0.6 is 0 Å². The van der Waals surface area contributed by atoms with E-state index in [-0.39, 0.29) is 11.9 Å². The van der Waals surface area contributed by atoms with Crippen LogP contribution in [0.5, 0.6) is 5.75 Å². The lowest BCUT2D eigenvalue weighted by atomic mass is 10.1. The molecule has 134 valence electrons. The van der Waals surface area contributed by atoms with Crippen molar-refractivity contribution in [3.63, 3.8) is 0 Å². The molecule has 7 nitrogen and oxygen atoms in total. The normalized spacial score (nSPS) is 17.0. The molecule has 0 aliphatic carbocycles. The molecule has 24 heavy (non-hydrogen) atoms. The summed E-state index contributed by atoms with van der Waals surface area (Å²) in [5, 5.41) is 2.97. The fraction of sp³-hybridized carbons (Fsp3) is 0.562. The molecule has 0 unspecified atom stereocenters. The number of nitrogens with one attached hydrogen (secondary N) is 1. The van der Waals surface area contributed by atoms with Crippen molar-refractivity contribution in [1.82, 2.24) is 13.9 Å². The van der Waals surface area contributed by atoms with E-state index in [0.717, 1.165) is 5.75 Å². The highest BCUT2D eigenvalue weighted by Gasteiger charge is 2.30. The summed E-state index contributed by atoms with van der Waals surface area (Å²) in [4.78, 5) is 12.3. The minimum absolute atomic E-state index is 0.0160. The fourth-order valence-corrected chi connectivity index (χ4v) is 3.73. The van der Waals surface area contributed by atoms with E-state index in [9.17, 15) is 13.2 Å². The highest BCUT2D eigenvalue weighted by atomic mass is 32.2. The van der Waals surface area contributed by atoms with E-state index in [1.165, 1.54) is 22.7 Å². The van der Waals surface area contributed by atoms with Crippen molar-refractivity contribution < 1.29 is 17.9 Å². The standard InChI is InChI=1S/C16H25N3O4S/c1-4-23-15-7-5-13(6-8-15)16(20)17-14-9-11-19(12-10-14)24(21,22)18(2)3/h5-8,14H,4,9-12H2,1-3H3,(H,17,20). The summed E-state index contributed by atoms with van der Waals surface area (Å²) in [6.45, 7) is 3.31. The van der Waals surface area contributed by atoms with Crippen LogP contribution in [0.2, 0.25) is 0 Å². The summed E-state index contributed by atoms with van der Waals surface area (Å²) in [7, 11) is -0.328. The van der Waals surface area contributed by atoms with E-state index >= 15 is 0 Å². The zero-order valence-corrected chi connectivity index (χ0v) is 15.2. The zero-order chi connectivity index (χ0) is 17.7. The van der Waals surface area contributed by atoms with Crippen LogP contribution in [-0.2, 0) is 10.2 Å². The molecule has 1 aromatic carbocycles. The minimum Gasteiger partial charge on any atom is -0.494 e. The SMILES string of the molecule is CCOc1ccc(C(=O)NC2CCN(S(=O)(=O)N(C)C)CC2)cc1. The van der Waals surface area contributed by atoms with E-state index in [1.807, 2.05) is 6.92 Å². The largest absolute Gasteiger partial charge is 0.494 e. The molecule has 0 saturated carbocycles. The van der Waals surface area contributed by atoms with Crippen molar-refractivity contribution >= 4 is 16.1 Å². The van der Waals surface area contributed by atoms with Gasteiger partial charge in [0.05, 0.1) is 6.61 Å². The Morgan fingerprint density at radius 3 is 2.33 bits per heavy atom. The maximum Gasteiger partial charge on any atom is 0.281 e. The molecule has 1 fully saturated rings. The van der Waals surface area contributed by atoms with Crippen LogP contribution in [0.25, 0.3) is 0 Å². The number of nitrogens with zero attached hydrogens (tertiary/aromatic N) is 2. The molecule has 1 saturated heterocycles. The lowest BCUT2D eigenvalue weighted by Gasteiger charge is -2.33. The smallest absolute Gasteiger partial charge is 0.281 e. The summed E-state index contributed by atoms with van der Waals surface area (Å²) in [6.07, 6.45) is 1.21. The molecule has 1 aromatic rings. The number of amides is 1. The second kappa shape index (κ2) is 7.96. The van der Waals surface area contributed by atoms with Gasteiger partial charge in [0.15, 0.2) is 0 Å². The molecule has 0 atom stereocenters. The van der Waals surface area contributed by atoms with E-state index in [1.54, 1.807) is 24.3 Å². The lowest BCUT2D eigenvalue weighted by molar-refractivity contribution is 0.0923. The van der Waals surface area contributed by atoms with Gasteiger partial charge in [-0.3, -0.25) is 4.79 Å². The van der Waals surface area contributed by atoms with Crippen LogP contribution in [0.4, 0.5) is 0 Å². The highest BCUT2D eigenvalue weighted by molar-refractivity contribution is 7.86. The lowest BCUT2D eigenvalue weighted by Crippen LogP contribution is -2.49. The van der Waals surface area contributed by atoms with Crippen molar-refractivity contribution in [2.75, 3.05) is 33.8 Å². The van der Waals surface area contributed by atoms with Gasteiger partial charge in [0.2, 0.25) is 0 Å². The van der Waals surface area contributed by atoms with E-state index in [0.29, 0.717) is 38.1 Å². The van der Waals surface area contributed by atoms with Gasteiger partial charge in [-0.25, -0.2) is 0 Å². The number of carbonyl (C=O) groups is 1. The number of hydrogen-bond acceptors (Lipinski definition) is 4. The first kappa shape index (κ1) is 18.7. The maximum atomic E-state index is 12.3. The Bertz CT molecular complexity index is 650. The molecule has 1 N–H and O–H groups in total. The van der Waals surface area contributed by atoms with E-state index in [2.05, 4.69) is 5.32 Å². The Kier molecular flexibility index (Phi) is 6.20. The van der Waals surface area contributed by atoms with Crippen LogP contribution in [0, 0.1) is 0 Å². The Balaban J connectivity index is 1.88. The van der Waals surface area contributed by atoms with E-state index < -0.39 is 10.2 Å². The molecule has 1 amide bonds. The van der Waals surface area contributed by atoms with E-state index in [4.69, 9.17) is 4.74 Å². The molecule has 0 aromatic heterocycles. The van der Waals surface area contributed by atoms with Crippen LogP contribution in [-0.4, -0.2) is 62.8 Å². The topological polar surface area (TPSA) is 79.0 Å². The van der Waals surface area contributed by atoms with Crippen molar-refractivity contribution in [3.05, 3.63) is 29.8 Å². The van der Waals surface area contributed by atoms with Crippen LogP contribution < -0.4 is 10.1 Å². The number of rotatable bonds is 6. The quantitative estimate of drug-likeness (QED) is 0.828. The Morgan fingerprint density at radius 2 is 1.83 bits per heavy atom. The zero-order valence-electron chi connectivity index (χ0n) is 14.4.